The topological polar surface area (TPSA) is 156 Å². The van der Waals surface area contributed by atoms with E-state index in [1.54, 1.807) is 48.5 Å². The first kappa shape index (κ1) is 41.5. The molecule has 2 spiro atoms. The second-order valence-electron chi connectivity index (χ2n) is 15.7. The van der Waals surface area contributed by atoms with Crippen molar-refractivity contribution in [1.29, 1.82) is 0 Å². The van der Waals surface area contributed by atoms with Crippen LogP contribution in [0.1, 0.15) is 92.9 Å². The molecule has 0 amide bonds. The lowest BCUT2D eigenvalue weighted by Gasteiger charge is -2.29. The Labute approximate surface area is 349 Å². The van der Waals surface area contributed by atoms with Crippen LogP contribution in [0.5, 0.6) is 0 Å². The summed E-state index contributed by atoms with van der Waals surface area (Å²) in [5.74, 6) is -0.444. The van der Waals surface area contributed by atoms with Gasteiger partial charge in [0, 0.05) is 22.0 Å². The average Bonchev–Trinajstić information content (AvgIpc) is 3.96. The highest BCUT2D eigenvalue weighted by atomic mass is 35.5. The number of halogens is 3. The highest BCUT2D eigenvalue weighted by molar-refractivity contribution is 7.89. The molecule has 1 atom stereocenters. The second-order valence-corrected chi connectivity index (χ2v) is 19.8. The fourth-order valence-electron chi connectivity index (χ4n) is 8.98. The summed E-state index contributed by atoms with van der Waals surface area (Å²) in [7, 11) is -5.18. The maximum atomic E-state index is 14.6. The molecule has 0 bridgehead atoms. The lowest BCUT2D eigenvalue weighted by Crippen LogP contribution is -2.27. The zero-order valence-electron chi connectivity index (χ0n) is 31.9. The van der Waals surface area contributed by atoms with Crippen molar-refractivity contribution in [3.05, 3.63) is 135 Å². The van der Waals surface area contributed by atoms with Gasteiger partial charge in [-0.2, -0.15) is 0 Å². The molecule has 9 nitrogen and oxygen atoms in total. The molecule has 3 aliphatic carbocycles. The molecule has 0 saturated heterocycles. The van der Waals surface area contributed by atoms with E-state index in [4.69, 9.17) is 31.4 Å². The Morgan fingerprint density at radius 1 is 0.593 bits per heavy atom. The van der Waals surface area contributed by atoms with Crippen molar-refractivity contribution in [2.45, 2.75) is 91.6 Å². The van der Waals surface area contributed by atoms with Gasteiger partial charge in [-0.25, -0.2) is 40.7 Å². The zero-order chi connectivity index (χ0) is 41.9. The number of carbonyl (C=O) groups is 1. The number of carbonyl (C=O) groups excluding carboxylic acids is 1. The van der Waals surface area contributed by atoms with Crippen LogP contribution in [0.3, 0.4) is 0 Å². The summed E-state index contributed by atoms with van der Waals surface area (Å²) in [5, 5.41) is 10.9. The molecule has 15 heteroatoms. The Morgan fingerprint density at radius 3 is 1.51 bits per heavy atom. The molecule has 4 aromatic carbocycles. The van der Waals surface area contributed by atoms with E-state index < -0.39 is 43.0 Å². The van der Waals surface area contributed by atoms with Crippen LogP contribution >= 0.6 is 20.8 Å². The van der Waals surface area contributed by atoms with Crippen LogP contribution in [-0.4, -0.2) is 34.0 Å². The van der Waals surface area contributed by atoms with Crippen molar-refractivity contribution < 1.29 is 39.9 Å². The van der Waals surface area contributed by atoms with Crippen molar-refractivity contribution in [3.63, 3.8) is 0 Å². The average molecular weight is 879 g/mol. The fourth-order valence-corrected chi connectivity index (χ4v) is 10.4. The molecule has 0 aromatic heterocycles. The monoisotopic (exact) mass is 878 g/mol. The predicted molar refractivity (Wildman–Crippen MR) is 227 cm³/mol. The van der Waals surface area contributed by atoms with Gasteiger partial charge in [0.1, 0.15) is 28.6 Å². The minimum absolute atomic E-state index is 0.0195. The van der Waals surface area contributed by atoms with Gasteiger partial charge in [0.25, 0.3) is 0 Å². The van der Waals surface area contributed by atoms with Gasteiger partial charge in [0.2, 0.25) is 20.0 Å². The van der Waals surface area contributed by atoms with E-state index in [-0.39, 0.29) is 20.6 Å². The third kappa shape index (κ3) is 7.82. The van der Waals surface area contributed by atoms with Crippen LogP contribution in [0, 0.1) is 11.6 Å². The van der Waals surface area contributed by atoms with Gasteiger partial charge in [0.05, 0.1) is 20.4 Å². The van der Waals surface area contributed by atoms with E-state index in [0.717, 1.165) is 85.8 Å². The first-order valence-corrected chi connectivity index (χ1v) is 23.5. The minimum Gasteiger partial charge on any atom is -0.482 e. The van der Waals surface area contributed by atoms with Crippen molar-refractivity contribution in [1.82, 2.24) is 0 Å². The van der Waals surface area contributed by atoms with E-state index in [9.17, 15) is 30.4 Å². The number of ether oxygens (including phenoxy) is 2. The number of esters is 1. The second kappa shape index (κ2) is 15.7. The van der Waals surface area contributed by atoms with E-state index in [1.807, 2.05) is 6.07 Å². The van der Waals surface area contributed by atoms with Crippen molar-refractivity contribution >= 4 is 74.5 Å². The summed E-state index contributed by atoms with van der Waals surface area (Å²) in [4.78, 5) is 12.9. The van der Waals surface area contributed by atoms with Gasteiger partial charge in [0.15, 0.2) is 0 Å². The number of hydrogen-bond acceptors (Lipinski definition) is 7. The standard InChI is InChI=1S/C24H25FNO3PS.C20H17ClFNO4S/c25-19-14-17(8-11-20(19)30)21-22(15-6-9-18(10-7-15)31(26,27)28)24(12-1-2-13-24)29-23(21)16-4-3-5-16;21-15-11-13(5-8-16(15)22)17-18(20(27-19(17)24)9-1-2-10-20)12-3-6-14(7-4-12)28(23,25)26/h6-11,14H,1-5,12-13,30H2,(H2,26,27,28);3-8,11H,1-2,9-10H2,(H2,23,25,26). The van der Waals surface area contributed by atoms with Gasteiger partial charge in [-0.05, 0) is 141 Å². The highest BCUT2D eigenvalue weighted by Crippen LogP contribution is 2.58. The molecular formula is C44H42ClF2N2O7PS2. The van der Waals surface area contributed by atoms with Crippen molar-refractivity contribution in [2.24, 2.45) is 10.3 Å². The van der Waals surface area contributed by atoms with E-state index in [0.29, 0.717) is 40.4 Å². The number of allylic oxidation sites excluding steroid dienone is 2. The van der Waals surface area contributed by atoms with Gasteiger partial charge in [-0.1, -0.05) is 54.1 Å². The van der Waals surface area contributed by atoms with Crippen molar-refractivity contribution in [2.75, 3.05) is 0 Å². The number of nitrogens with two attached hydrogens (primary N) is 2. The molecule has 308 valence electrons. The van der Waals surface area contributed by atoms with Crippen LogP contribution in [0.15, 0.2) is 106 Å². The van der Waals surface area contributed by atoms with Gasteiger partial charge in [-0.15, -0.1) is 9.24 Å². The summed E-state index contributed by atoms with van der Waals surface area (Å²) in [5.41, 5.74) is 5.88. The van der Waals surface area contributed by atoms with Crippen LogP contribution in [0.25, 0.3) is 22.3 Å². The lowest BCUT2D eigenvalue weighted by molar-refractivity contribution is -0.143. The number of benzene rings is 4. The minimum atomic E-state index is -3.83. The predicted octanol–water partition coefficient (Wildman–Crippen LogP) is 8.57. The molecule has 4 N–H and O–H groups in total. The smallest absolute Gasteiger partial charge is 0.340 e. The third-order valence-corrected chi connectivity index (χ3v) is 14.6. The van der Waals surface area contributed by atoms with Gasteiger partial charge >= 0.3 is 5.97 Å². The summed E-state index contributed by atoms with van der Waals surface area (Å²) < 4.78 is 87.4. The van der Waals surface area contributed by atoms with Gasteiger partial charge < -0.3 is 9.47 Å². The Hall–Kier alpha value is -4.23. The van der Waals surface area contributed by atoms with Gasteiger partial charge in [-0.3, -0.25) is 0 Å². The molecule has 2 aliphatic heterocycles. The molecular weight excluding hydrogens is 837 g/mol. The third-order valence-electron chi connectivity index (χ3n) is 12.0. The maximum Gasteiger partial charge on any atom is 0.340 e. The Bertz CT molecular complexity index is 2700. The largest absolute Gasteiger partial charge is 0.482 e. The molecule has 3 fully saturated rings. The van der Waals surface area contributed by atoms with E-state index in [2.05, 4.69) is 9.24 Å². The highest BCUT2D eigenvalue weighted by Gasteiger charge is 2.51. The molecule has 0 radical (unpaired) electrons. The van der Waals surface area contributed by atoms with Crippen LogP contribution in [0.4, 0.5) is 8.78 Å². The fraction of sp³-hybridized carbons (Fsp3) is 0.295. The van der Waals surface area contributed by atoms with Crippen molar-refractivity contribution in [3.8, 4) is 0 Å². The normalized spacial score (nSPS) is 19.6. The quantitative estimate of drug-likeness (QED) is 0.145. The lowest BCUT2D eigenvalue weighted by atomic mass is 9.81. The van der Waals surface area contributed by atoms with Crippen LogP contribution < -0.4 is 15.6 Å². The Balaban J connectivity index is 0.000000165. The number of rotatable bonds is 6. The number of hydrogen-bond donors (Lipinski definition) is 2. The number of sulfonamides is 2. The molecule has 9 rings (SSSR count). The molecule has 1 unspecified atom stereocenters. The first-order chi connectivity index (χ1) is 28.0. The molecule has 3 saturated carbocycles. The Morgan fingerprint density at radius 2 is 1.05 bits per heavy atom. The molecule has 5 aliphatic rings. The maximum absolute atomic E-state index is 14.6. The Kier molecular flexibility index (Phi) is 11.0. The molecule has 59 heavy (non-hydrogen) atoms. The number of primary sulfonamides is 2. The summed E-state index contributed by atoms with van der Waals surface area (Å²) >= 11 is 5.93. The SMILES string of the molecule is NS(=O)(=O)c1ccc(C2=C(c3ccc(F)c(Cl)c3)C(=O)OC23CCCC3)cc1.NS(=O)(=O)c1ccc(C2=C(c3ccc(P)c(F)c3)C(=C3CCC3)OC23CCCC3)cc1. The van der Waals surface area contributed by atoms with Crippen LogP contribution in [-0.2, 0) is 34.3 Å². The van der Waals surface area contributed by atoms with E-state index in [1.165, 1.54) is 35.9 Å². The van der Waals surface area contributed by atoms with E-state index >= 15 is 0 Å². The zero-order valence-corrected chi connectivity index (χ0v) is 35.4. The molecule has 2 heterocycles. The summed E-state index contributed by atoms with van der Waals surface area (Å²) in [6.45, 7) is 0. The first-order valence-electron chi connectivity index (χ1n) is 19.4. The molecule has 4 aromatic rings. The summed E-state index contributed by atoms with van der Waals surface area (Å²) in [6, 6.07) is 22.1. The van der Waals surface area contributed by atoms with Crippen LogP contribution in [0.2, 0.25) is 5.02 Å². The summed E-state index contributed by atoms with van der Waals surface area (Å²) in [6.07, 6.45) is 10.2.